The summed E-state index contributed by atoms with van der Waals surface area (Å²) in [6.45, 7) is 12.5. The molecule has 0 saturated carbocycles. The first-order valence-electron chi connectivity index (χ1n) is 10.4. The Morgan fingerprint density at radius 1 is 1.28 bits per heavy atom. The summed E-state index contributed by atoms with van der Waals surface area (Å²) in [7, 11) is 0. The second-order valence-electron chi connectivity index (χ2n) is 7.59. The molecule has 0 radical (unpaired) electrons. The molecule has 6 nitrogen and oxygen atoms in total. The van der Waals surface area contributed by atoms with Crippen LogP contribution in [0.2, 0.25) is 0 Å². The van der Waals surface area contributed by atoms with Gasteiger partial charge in [-0.15, -0.1) is 24.0 Å². The number of likely N-dealkylation sites (tertiary alicyclic amines) is 1. The standard InChI is InChI=1S/C21H33FN4O2.HI/c1-3-23-21(24-14-17(2)28-20-6-4-19(22)5-7-20)26-9-8-18(16-26)15-25-10-12-27-13-11-25;/h4-7,17-18H,3,8-16H2,1-2H3,(H,23,24);1H. The van der Waals surface area contributed by atoms with Gasteiger partial charge in [0.15, 0.2) is 5.96 Å². The Labute approximate surface area is 190 Å². The number of guanidine groups is 1. The van der Waals surface area contributed by atoms with Gasteiger partial charge in [-0.2, -0.15) is 0 Å². The maximum Gasteiger partial charge on any atom is 0.194 e. The lowest BCUT2D eigenvalue weighted by Gasteiger charge is -2.29. The van der Waals surface area contributed by atoms with Gasteiger partial charge in [-0.05, 0) is 50.5 Å². The molecule has 2 atom stereocenters. The first kappa shape index (κ1) is 24.1. The van der Waals surface area contributed by atoms with Crippen molar-refractivity contribution in [2.24, 2.45) is 10.9 Å². The molecule has 1 N–H and O–H groups in total. The van der Waals surface area contributed by atoms with Crippen molar-refractivity contribution >= 4 is 29.9 Å². The summed E-state index contributed by atoms with van der Waals surface area (Å²) in [5, 5.41) is 3.41. The van der Waals surface area contributed by atoms with Gasteiger partial charge in [0.2, 0.25) is 0 Å². The summed E-state index contributed by atoms with van der Waals surface area (Å²) in [6, 6.07) is 6.12. The molecule has 0 spiro atoms. The fraction of sp³-hybridized carbons (Fsp3) is 0.667. The number of rotatable bonds is 7. The normalized spacial score (nSPS) is 21.6. The van der Waals surface area contributed by atoms with Crippen LogP contribution in [-0.2, 0) is 4.74 Å². The van der Waals surface area contributed by atoms with Crippen molar-refractivity contribution < 1.29 is 13.9 Å². The van der Waals surface area contributed by atoms with E-state index in [4.69, 9.17) is 14.5 Å². The van der Waals surface area contributed by atoms with Crippen LogP contribution in [0.4, 0.5) is 4.39 Å². The largest absolute Gasteiger partial charge is 0.489 e. The van der Waals surface area contributed by atoms with Crippen molar-refractivity contribution in [2.45, 2.75) is 26.4 Å². The summed E-state index contributed by atoms with van der Waals surface area (Å²) >= 11 is 0. The first-order chi connectivity index (χ1) is 13.6. The molecule has 1 aromatic rings. The summed E-state index contributed by atoms with van der Waals surface area (Å²) in [6.07, 6.45) is 1.12. The van der Waals surface area contributed by atoms with E-state index >= 15 is 0 Å². The van der Waals surface area contributed by atoms with Crippen LogP contribution >= 0.6 is 24.0 Å². The van der Waals surface area contributed by atoms with E-state index in [0.717, 1.165) is 58.4 Å². The number of hydrogen-bond acceptors (Lipinski definition) is 4. The van der Waals surface area contributed by atoms with E-state index in [0.29, 0.717) is 18.2 Å². The number of ether oxygens (including phenoxy) is 2. The zero-order valence-corrected chi connectivity index (χ0v) is 19.8. The van der Waals surface area contributed by atoms with E-state index in [1.807, 2.05) is 6.92 Å². The minimum Gasteiger partial charge on any atom is -0.489 e. The second-order valence-corrected chi connectivity index (χ2v) is 7.59. The van der Waals surface area contributed by atoms with Gasteiger partial charge in [-0.25, -0.2) is 9.38 Å². The molecule has 2 fully saturated rings. The Kier molecular flexibility index (Phi) is 10.4. The van der Waals surface area contributed by atoms with Gasteiger partial charge in [-0.1, -0.05) is 0 Å². The molecular formula is C21H34FIN4O2. The Morgan fingerprint density at radius 3 is 2.69 bits per heavy atom. The molecule has 2 saturated heterocycles. The minimum atomic E-state index is -0.256. The number of halogens is 2. The van der Waals surface area contributed by atoms with Gasteiger partial charge in [0.25, 0.3) is 0 Å². The van der Waals surface area contributed by atoms with Crippen LogP contribution in [0.25, 0.3) is 0 Å². The predicted octanol–water partition coefficient (Wildman–Crippen LogP) is 2.83. The Morgan fingerprint density at radius 2 is 2.00 bits per heavy atom. The summed E-state index contributed by atoms with van der Waals surface area (Å²) in [5.74, 6) is 2.05. The van der Waals surface area contributed by atoms with Gasteiger partial charge in [0.05, 0.1) is 19.8 Å². The lowest BCUT2D eigenvalue weighted by Crippen LogP contribution is -2.42. The average molecular weight is 520 g/mol. The molecular weight excluding hydrogens is 486 g/mol. The lowest BCUT2D eigenvalue weighted by molar-refractivity contribution is 0.0315. The first-order valence-corrected chi connectivity index (χ1v) is 10.4. The zero-order valence-electron chi connectivity index (χ0n) is 17.5. The van der Waals surface area contributed by atoms with Gasteiger partial charge in [0.1, 0.15) is 17.7 Å². The highest BCUT2D eigenvalue weighted by Gasteiger charge is 2.27. The quantitative estimate of drug-likeness (QED) is 0.341. The fourth-order valence-electron chi connectivity index (χ4n) is 3.75. The van der Waals surface area contributed by atoms with Gasteiger partial charge >= 0.3 is 0 Å². The molecule has 0 aromatic heterocycles. The second kappa shape index (κ2) is 12.5. The lowest BCUT2D eigenvalue weighted by atomic mass is 10.1. The average Bonchev–Trinajstić information content (AvgIpc) is 3.16. The third-order valence-corrected chi connectivity index (χ3v) is 5.19. The van der Waals surface area contributed by atoms with Crippen molar-refractivity contribution in [3.05, 3.63) is 30.1 Å². The highest BCUT2D eigenvalue weighted by Crippen LogP contribution is 2.18. The highest BCUT2D eigenvalue weighted by atomic mass is 127. The summed E-state index contributed by atoms with van der Waals surface area (Å²) in [4.78, 5) is 9.66. The number of morpholine rings is 1. The fourth-order valence-corrected chi connectivity index (χ4v) is 3.75. The Bertz CT molecular complexity index is 626. The number of nitrogens with one attached hydrogen (secondary N) is 1. The van der Waals surface area contributed by atoms with Gasteiger partial charge in [-0.3, -0.25) is 4.90 Å². The van der Waals surface area contributed by atoms with Crippen molar-refractivity contribution in [3.63, 3.8) is 0 Å². The van der Waals surface area contributed by atoms with Crippen molar-refractivity contribution in [2.75, 3.05) is 59.0 Å². The summed E-state index contributed by atoms with van der Waals surface area (Å²) in [5.41, 5.74) is 0. The third-order valence-electron chi connectivity index (χ3n) is 5.19. The molecule has 164 valence electrons. The van der Waals surface area contributed by atoms with Gasteiger partial charge in [0, 0.05) is 39.3 Å². The molecule has 0 aliphatic carbocycles. The topological polar surface area (TPSA) is 49.3 Å². The molecule has 2 aliphatic rings. The monoisotopic (exact) mass is 520 g/mol. The number of benzene rings is 1. The highest BCUT2D eigenvalue weighted by molar-refractivity contribution is 14.0. The molecule has 2 unspecified atom stereocenters. The van der Waals surface area contributed by atoms with Crippen LogP contribution in [0.1, 0.15) is 20.3 Å². The van der Waals surface area contributed by atoms with E-state index in [2.05, 4.69) is 22.0 Å². The Balaban J connectivity index is 0.00000300. The third kappa shape index (κ3) is 7.90. The van der Waals surface area contributed by atoms with Crippen LogP contribution < -0.4 is 10.1 Å². The molecule has 3 rings (SSSR count). The van der Waals surface area contributed by atoms with Crippen LogP contribution in [-0.4, -0.2) is 80.9 Å². The van der Waals surface area contributed by atoms with E-state index < -0.39 is 0 Å². The zero-order chi connectivity index (χ0) is 19.8. The van der Waals surface area contributed by atoms with Crippen molar-refractivity contribution in [1.82, 2.24) is 15.1 Å². The molecule has 1 aromatic carbocycles. The number of hydrogen-bond donors (Lipinski definition) is 1. The van der Waals surface area contributed by atoms with Crippen LogP contribution in [0.5, 0.6) is 5.75 Å². The van der Waals surface area contributed by atoms with Gasteiger partial charge < -0.3 is 19.7 Å². The van der Waals surface area contributed by atoms with E-state index in [1.54, 1.807) is 12.1 Å². The van der Waals surface area contributed by atoms with E-state index in [-0.39, 0.29) is 35.9 Å². The van der Waals surface area contributed by atoms with Crippen LogP contribution in [0, 0.1) is 11.7 Å². The number of aliphatic imine (C=N–C) groups is 1. The molecule has 8 heteroatoms. The number of nitrogens with zero attached hydrogens (tertiary/aromatic N) is 3. The molecule has 2 aliphatic heterocycles. The minimum absolute atomic E-state index is 0. The molecule has 29 heavy (non-hydrogen) atoms. The SMILES string of the molecule is CCNC(=NCC(C)Oc1ccc(F)cc1)N1CCC(CN2CCOCC2)C1.I. The summed E-state index contributed by atoms with van der Waals surface area (Å²) < 4.78 is 24.3. The predicted molar refractivity (Wildman–Crippen MR) is 125 cm³/mol. The van der Waals surface area contributed by atoms with Crippen LogP contribution in [0.3, 0.4) is 0 Å². The molecule has 0 bridgehead atoms. The van der Waals surface area contributed by atoms with E-state index in [9.17, 15) is 4.39 Å². The maximum absolute atomic E-state index is 13.0. The maximum atomic E-state index is 13.0. The smallest absolute Gasteiger partial charge is 0.194 e. The van der Waals surface area contributed by atoms with Crippen molar-refractivity contribution in [1.29, 1.82) is 0 Å². The van der Waals surface area contributed by atoms with E-state index in [1.165, 1.54) is 18.6 Å². The van der Waals surface area contributed by atoms with Crippen LogP contribution in [0.15, 0.2) is 29.3 Å². The molecule has 2 heterocycles. The van der Waals surface area contributed by atoms with Crippen molar-refractivity contribution in [3.8, 4) is 5.75 Å². The Hall–Kier alpha value is -1.13. The molecule has 0 amide bonds.